The first-order valence-electron chi connectivity index (χ1n) is 5.88. The number of benzene rings is 1. The SMILES string of the molecule is CCC1(Nc2ccc(N)c(COC)c2)C[I-]C1. The number of ether oxygens (including phenoxy) is 1. The molecule has 0 spiro atoms. The summed E-state index contributed by atoms with van der Waals surface area (Å²) in [6.45, 7) is 2.84. The second-order valence-electron chi connectivity index (χ2n) is 4.56. The molecule has 4 heteroatoms. The predicted octanol–water partition coefficient (Wildman–Crippen LogP) is -0.921. The summed E-state index contributed by atoms with van der Waals surface area (Å²) in [5.74, 6) is 0. The first kappa shape index (κ1) is 13.0. The first-order chi connectivity index (χ1) is 8.19. The van der Waals surface area contributed by atoms with Crippen molar-refractivity contribution in [1.29, 1.82) is 0 Å². The van der Waals surface area contributed by atoms with E-state index in [2.05, 4.69) is 24.4 Å². The quantitative estimate of drug-likeness (QED) is 0.412. The van der Waals surface area contributed by atoms with E-state index in [9.17, 15) is 0 Å². The Balaban J connectivity index is 2.13. The molecule has 1 saturated heterocycles. The van der Waals surface area contributed by atoms with Gasteiger partial charge in [-0.3, -0.25) is 0 Å². The van der Waals surface area contributed by atoms with E-state index < -0.39 is 0 Å². The van der Waals surface area contributed by atoms with Crippen LogP contribution in [0.4, 0.5) is 11.4 Å². The van der Waals surface area contributed by atoms with Gasteiger partial charge in [-0.1, -0.05) is 0 Å². The molecule has 0 radical (unpaired) electrons. The zero-order valence-electron chi connectivity index (χ0n) is 10.4. The van der Waals surface area contributed by atoms with Crippen LogP contribution in [0, 0.1) is 0 Å². The van der Waals surface area contributed by atoms with Crippen molar-refractivity contribution in [3.63, 3.8) is 0 Å². The second-order valence-corrected chi connectivity index (χ2v) is 7.17. The van der Waals surface area contributed by atoms with Crippen LogP contribution in [-0.4, -0.2) is 21.5 Å². The van der Waals surface area contributed by atoms with Crippen LogP contribution in [0.3, 0.4) is 0 Å². The fourth-order valence-electron chi connectivity index (χ4n) is 1.94. The van der Waals surface area contributed by atoms with Gasteiger partial charge in [-0.2, -0.15) is 0 Å². The van der Waals surface area contributed by atoms with Crippen LogP contribution in [0.5, 0.6) is 0 Å². The second kappa shape index (κ2) is 5.44. The van der Waals surface area contributed by atoms with E-state index >= 15 is 0 Å². The van der Waals surface area contributed by atoms with E-state index in [-0.39, 0.29) is 0 Å². The maximum atomic E-state index is 5.92. The van der Waals surface area contributed by atoms with Crippen molar-refractivity contribution < 1.29 is 25.9 Å². The molecule has 1 aliphatic rings. The standard InChI is InChI=1S/C13H20IN2O/c1-3-13(8-14-9-13)16-11-4-5-12(15)10(6-11)7-17-2/h4-6,16H,3,7-9,15H2,1-2H3/q-1. The summed E-state index contributed by atoms with van der Waals surface area (Å²) < 4.78 is 7.92. The van der Waals surface area contributed by atoms with E-state index in [0.29, 0.717) is 33.4 Å². The summed E-state index contributed by atoms with van der Waals surface area (Å²) in [6, 6.07) is 6.16. The van der Waals surface area contributed by atoms with Crippen molar-refractivity contribution in [2.45, 2.75) is 25.5 Å². The predicted molar refractivity (Wildman–Crippen MR) is 67.9 cm³/mol. The Morgan fingerprint density at radius 1 is 1.47 bits per heavy atom. The molecule has 1 aliphatic heterocycles. The monoisotopic (exact) mass is 347 g/mol. The fourth-order valence-corrected chi connectivity index (χ4v) is 5.24. The molecule has 2 rings (SSSR count). The molecule has 0 bridgehead atoms. The third kappa shape index (κ3) is 2.85. The molecule has 0 aliphatic carbocycles. The molecule has 1 heterocycles. The number of hydrogen-bond donors (Lipinski definition) is 2. The molecule has 1 aromatic carbocycles. The summed E-state index contributed by atoms with van der Waals surface area (Å²) >= 11 is 0.464. The molecular weight excluding hydrogens is 327 g/mol. The molecule has 0 amide bonds. The molecule has 1 fully saturated rings. The van der Waals surface area contributed by atoms with Crippen LogP contribution in [0.15, 0.2) is 18.2 Å². The van der Waals surface area contributed by atoms with Crippen LogP contribution in [0.2, 0.25) is 0 Å². The summed E-state index contributed by atoms with van der Waals surface area (Å²) in [5, 5.41) is 3.68. The third-order valence-corrected chi connectivity index (χ3v) is 7.23. The van der Waals surface area contributed by atoms with Gasteiger partial charge >= 0.3 is 114 Å². The molecule has 17 heavy (non-hydrogen) atoms. The Kier molecular flexibility index (Phi) is 4.14. The van der Waals surface area contributed by atoms with Crippen molar-refractivity contribution in [3.8, 4) is 0 Å². The molecule has 1 aromatic rings. The van der Waals surface area contributed by atoms with Gasteiger partial charge in [0, 0.05) is 0 Å². The number of methoxy groups -OCH3 is 1. The molecule has 0 saturated carbocycles. The summed E-state index contributed by atoms with van der Waals surface area (Å²) in [4.78, 5) is 0. The van der Waals surface area contributed by atoms with Crippen molar-refractivity contribution >= 4 is 11.4 Å². The Hall–Kier alpha value is -0.490. The summed E-state index contributed by atoms with van der Waals surface area (Å²) in [6.07, 6.45) is 1.21. The number of alkyl halides is 2. The normalized spacial score (nSPS) is 18.0. The van der Waals surface area contributed by atoms with Crippen molar-refractivity contribution in [2.24, 2.45) is 0 Å². The number of nitrogen functional groups attached to an aromatic ring is 1. The minimum atomic E-state index is 0.369. The summed E-state index contributed by atoms with van der Waals surface area (Å²) in [5.41, 5.74) is 9.34. The van der Waals surface area contributed by atoms with Gasteiger partial charge in [-0.05, 0) is 0 Å². The maximum absolute atomic E-state index is 5.92. The molecule has 96 valence electrons. The minimum absolute atomic E-state index is 0.369. The van der Waals surface area contributed by atoms with E-state index in [1.165, 1.54) is 21.0 Å². The Morgan fingerprint density at radius 2 is 2.24 bits per heavy atom. The fraction of sp³-hybridized carbons (Fsp3) is 0.538. The number of nitrogens with one attached hydrogen (secondary N) is 1. The van der Waals surface area contributed by atoms with Gasteiger partial charge in [0.05, 0.1) is 0 Å². The first-order valence-corrected chi connectivity index (χ1v) is 8.93. The van der Waals surface area contributed by atoms with Crippen LogP contribution in [0.25, 0.3) is 0 Å². The van der Waals surface area contributed by atoms with Crippen molar-refractivity contribution in [2.75, 3.05) is 27.0 Å². The molecule has 0 atom stereocenters. The molecule has 3 nitrogen and oxygen atoms in total. The van der Waals surface area contributed by atoms with E-state index in [4.69, 9.17) is 10.5 Å². The van der Waals surface area contributed by atoms with Crippen LogP contribution >= 0.6 is 0 Å². The van der Waals surface area contributed by atoms with Gasteiger partial charge in [-0.25, -0.2) is 0 Å². The van der Waals surface area contributed by atoms with E-state index in [1.807, 2.05) is 6.07 Å². The topological polar surface area (TPSA) is 47.3 Å². The zero-order valence-corrected chi connectivity index (χ0v) is 12.6. The third-order valence-electron chi connectivity index (χ3n) is 3.23. The van der Waals surface area contributed by atoms with Crippen LogP contribution in [-0.2, 0) is 11.3 Å². The number of rotatable bonds is 5. The van der Waals surface area contributed by atoms with Crippen LogP contribution < -0.4 is 32.3 Å². The van der Waals surface area contributed by atoms with Gasteiger partial charge < -0.3 is 0 Å². The molecule has 0 unspecified atom stereocenters. The Bertz CT molecular complexity index is 385. The van der Waals surface area contributed by atoms with Gasteiger partial charge in [0.2, 0.25) is 0 Å². The Labute approximate surface area is 113 Å². The van der Waals surface area contributed by atoms with E-state index in [1.54, 1.807) is 7.11 Å². The van der Waals surface area contributed by atoms with E-state index in [0.717, 1.165) is 11.3 Å². The Morgan fingerprint density at radius 3 is 2.76 bits per heavy atom. The number of hydrogen-bond acceptors (Lipinski definition) is 3. The van der Waals surface area contributed by atoms with Gasteiger partial charge in [0.25, 0.3) is 0 Å². The van der Waals surface area contributed by atoms with Crippen LogP contribution in [0.1, 0.15) is 18.9 Å². The number of anilines is 2. The number of halogens is 1. The van der Waals surface area contributed by atoms with Crippen molar-refractivity contribution in [3.05, 3.63) is 23.8 Å². The summed E-state index contributed by atoms with van der Waals surface area (Å²) in [7, 11) is 1.70. The average molecular weight is 347 g/mol. The molecule has 0 aromatic heterocycles. The number of nitrogens with two attached hydrogens (primary N) is 1. The van der Waals surface area contributed by atoms with Gasteiger partial charge in [0.15, 0.2) is 0 Å². The van der Waals surface area contributed by atoms with Crippen molar-refractivity contribution in [1.82, 2.24) is 0 Å². The molecule has 3 N–H and O–H groups in total. The van der Waals surface area contributed by atoms with Gasteiger partial charge in [0.1, 0.15) is 0 Å². The zero-order chi connectivity index (χ0) is 12.3. The average Bonchev–Trinajstić information content (AvgIpc) is 2.28. The van der Waals surface area contributed by atoms with Gasteiger partial charge in [-0.15, -0.1) is 0 Å². The molecular formula is C13H20IN2O-.